The lowest BCUT2D eigenvalue weighted by Crippen LogP contribution is -2.16. The molecular formula is C16H15ClN2O3. The fraction of sp³-hybridized carbons (Fsp3) is 0.188. The van der Waals surface area contributed by atoms with Crippen molar-refractivity contribution in [3.05, 3.63) is 52.7 Å². The molecule has 1 heterocycles. The van der Waals surface area contributed by atoms with Gasteiger partial charge in [-0.2, -0.15) is 0 Å². The van der Waals surface area contributed by atoms with Gasteiger partial charge in [0.1, 0.15) is 11.6 Å². The third-order valence-electron chi connectivity index (χ3n) is 3.03. The highest BCUT2D eigenvalue weighted by Gasteiger charge is 2.12. The number of amides is 1. The summed E-state index contributed by atoms with van der Waals surface area (Å²) in [5, 5.41) is 3.16. The molecule has 1 N–H and O–H groups in total. The van der Waals surface area contributed by atoms with Gasteiger partial charge in [0, 0.05) is 17.3 Å². The number of methoxy groups -OCH3 is 1. The summed E-state index contributed by atoms with van der Waals surface area (Å²) in [4.78, 5) is 27.5. The number of halogens is 1. The van der Waals surface area contributed by atoms with Crippen molar-refractivity contribution in [2.24, 2.45) is 0 Å². The summed E-state index contributed by atoms with van der Waals surface area (Å²) in [7, 11) is 1.52. The standard InChI is InChI=1S/C16H15ClN2O3/c1-10(20)11-3-5-14(22-2)12(7-11)8-16(21)19-15-6-4-13(17)9-18-15/h3-7,9H,8H2,1-2H3,(H,18,19,21). The zero-order chi connectivity index (χ0) is 16.1. The average Bonchev–Trinajstić information content (AvgIpc) is 2.49. The lowest BCUT2D eigenvalue weighted by molar-refractivity contribution is -0.115. The van der Waals surface area contributed by atoms with E-state index in [-0.39, 0.29) is 18.1 Å². The molecule has 0 saturated heterocycles. The van der Waals surface area contributed by atoms with Crippen molar-refractivity contribution >= 4 is 29.1 Å². The van der Waals surface area contributed by atoms with E-state index in [0.29, 0.717) is 27.7 Å². The molecule has 0 bridgehead atoms. The van der Waals surface area contributed by atoms with Crippen LogP contribution in [0.1, 0.15) is 22.8 Å². The summed E-state index contributed by atoms with van der Waals surface area (Å²) in [5.41, 5.74) is 1.18. The lowest BCUT2D eigenvalue weighted by Gasteiger charge is -2.10. The summed E-state index contributed by atoms with van der Waals surface area (Å²) in [5.74, 6) is 0.651. The molecule has 0 atom stereocenters. The molecule has 114 valence electrons. The van der Waals surface area contributed by atoms with E-state index in [4.69, 9.17) is 16.3 Å². The predicted molar refractivity (Wildman–Crippen MR) is 84.6 cm³/mol. The Morgan fingerprint density at radius 3 is 2.64 bits per heavy atom. The van der Waals surface area contributed by atoms with Gasteiger partial charge in [-0.25, -0.2) is 4.98 Å². The molecule has 5 nitrogen and oxygen atoms in total. The maximum absolute atomic E-state index is 12.1. The molecule has 0 fully saturated rings. The van der Waals surface area contributed by atoms with Crippen molar-refractivity contribution in [3.8, 4) is 5.75 Å². The summed E-state index contributed by atoms with van der Waals surface area (Å²) < 4.78 is 5.22. The third kappa shape index (κ3) is 4.05. The van der Waals surface area contributed by atoms with Gasteiger partial charge in [-0.1, -0.05) is 11.6 Å². The number of ketones is 1. The maximum Gasteiger partial charge on any atom is 0.230 e. The molecular weight excluding hydrogens is 304 g/mol. The van der Waals surface area contributed by atoms with Gasteiger partial charge in [-0.05, 0) is 37.3 Å². The van der Waals surface area contributed by atoms with Gasteiger partial charge in [0.25, 0.3) is 0 Å². The number of rotatable bonds is 5. The predicted octanol–water partition coefficient (Wildman–Crippen LogP) is 3.13. The van der Waals surface area contributed by atoms with E-state index in [0.717, 1.165) is 0 Å². The Kier molecular flexibility index (Phi) is 5.12. The van der Waals surface area contributed by atoms with Crippen LogP contribution < -0.4 is 10.1 Å². The highest BCUT2D eigenvalue weighted by atomic mass is 35.5. The van der Waals surface area contributed by atoms with Crippen LogP contribution in [-0.2, 0) is 11.2 Å². The quantitative estimate of drug-likeness (QED) is 0.860. The van der Waals surface area contributed by atoms with E-state index in [9.17, 15) is 9.59 Å². The van der Waals surface area contributed by atoms with E-state index in [1.807, 2.05) is 0 Å². The van der Waals surface area contributed by atoms with Crippen LogP contribution in [-0.4, -0.2) is 23.8 Å². The molecule has 6 heteroatoms. The molecule has 0 aliphatic carbocycles. The molecule has 0 unspecified atom stereocenters. The Labute approximate surface area is 133 Å². The van der Waals surface area contributed by atoms with Gasteiger partial charge in [-0.15, -0.1) is 0 Å². The first kappa shape index (κ1) is 16.0. The SMILES string of the molecule is COc1ccc(C(C)=O)cc1CC(=O)Nc1ccc(Cl)cn1. The highest BCUT2D eigenvalue weighted by molar-refractivity contribution is 6.30. The van der Waals surface area contributed by atoms with Crippen molar-refractivity contribution in [1.82, 2.24) is 4.98 Å². The number of carbonyl (C=O) groups excluding carboxylic acids is 2. The molecule has 1 amide bonds. The number of hydrogen-bond donors (Lipinski definition) is 1. The minimum atomic E-state index is -0.256. The molecule has 22 heavy (non-hydrogen) atoms. The van der Waals surface area contributed by atoms with E-state index < -0.39 is 0 Å². The summed E-state index contributed by atoms with van der Waals surface area (Å²) in [6, 6.07) is 8.27. The van der Waals surface area contributed by atoms with Crippen LogP contribution in [0.15, 0.2) is 36.5 Å². The second kappa shape index (κ2) is 7.04. The van der Waals surface area contributed by atoms with Crippen LogP contribution in [0, 0.1) is 0 Å². The van der Waals surface area contributed by atoms with Crippen molar-refractivity contribution < 1.29 is 14.3 Å². The fourth-order valence-electron chi connectivity index (χ4n) is 1.95. The number of hydrogen-bond acceptors (Lipinski definition) is 4. The Bertz CT molecular complexity index is 699. The van der Waals surface area contributed by atoms with Gasteiger partial charge in [0.15, 0.2) is 5.78 Å². The Morgan fingerprint density at radius 2 is 2.05 bits per heavy atom. The third-order valence-corrected chi connectivity index (χ3v) is 3.26. The van der Waals surface area contributed by atoms with E-state index >= 15 is 0 Å². The highest BCUT2D eigenvalue weighted by Crippen LogP contribution is 2.21. The van der Waals surface area contributed by atoms with Crippen LogP contribution in [0.4, 0.5) is 5.82 Å². The summed E-state index contributed by atoms with van der Waals surface area (Å²) in [6.07, 6.45) is 1.53. The second-order valence-corrected chi connectivity index (χ2v) is 5.11. The summed E-state index contributed by atoms with van der Waals surface area (Å²) in [6.45, 7) is 1.48. The number of anilines is 1. The van der Waals surface area contributed by atoms with Crippen molar-refractivity contribution in [2.75, 3.05) is 12.4 Å². The van der Waals surface area contributed by atoms with Crippen LogP contribution >= 0.6 is 11.6 Å². The lowest BCUT2D eigenvalue weighted by atomic mass is 10.0. The first-order valence-corrected chi connectivity index (χ1v) is 6.96. The second-order valence-electron chi connectivity index (χ2n) is 4.67. The number of benzene rings is 1. The van der Waals surface area contributed by atoms with Crippen molar-refractivity contribution in [1.29, 1.82) is 0 Å². The smallest absolute Gasteiger partial charge is 0.230 e. The first-order chi connectivity index (χ1) is 10.5. The van der Waals surface area contributed by atoms with Gasteiger partial charge >= 0.3 is 0 Å². The Morgan fingerprint density at radius 1 is 1.27 bits per heavy atom. The van der Waals surface area contributed by atoms with Crippen LogP contribution in [0.2, 0.25) is 5.02 Å². The zero-order valence-electron chi connectivity index (χ0n) is 12.2. The molecule has 1 aromatic heterocycles. The topological polar surface area (TPSA) is 68.3 Å². The molecule has 1 aromatic carbocycles. The number of pyridine rings is 1. The Balaban J connectivity index is 2.14. The van der Waals surface area contributed by atoms with Crippen LogP contribution in [0.5, 0.6) is 5.75 Å². The zero-order valence-corrected chi connectivity index (χ0v) is 13.0. The maximum atomic E-state index is 12.1. The normalized spacial score (nSPS) is 10.1. The summed E-state index contributed by atoms with van der Waals surface area (Å²) >= 11 is 5.74. The van der Waals surface area contributed by atoms with Gasteiger partial charge in [0.05, 0.1) is 18.6 Å². The molecule has 2 rings (SSSR count). The van der Waals surface area contributed by atoms with Crippen molar-refractivity contribution in [2.45, 2.75) is 13.3 Å². The van der Waals surface area contributed by atoms with E-state index in [2.05, 4.69) is 10.3 Å². The molecule has 2 aromatic rings. The molecule has 0 aliphatic heterocycles. The molecule has 0 radical (unpaired) electrons. The minimum Gasteiger partial charge on any atom is -0.496 e. The average molecular weight is 319 g/mol. The van der Waals surface area contributed by atoms with Crippen LogP contribution in [0.25, 0.3) is 0 Å². The first-order valence-electron chi connectivity index (χ1n) is 6.59. The number of ether oxygens (including phenoxy) is 1. The van der Waals surface area contributed by atoms with Gasteiger partial charge in [-0.3, -0.25) is 9.59 Å². The van der Waals surface area contributed by atoms with Gasteiger partial charge < -0.3 is 10.1 Å². The number of nitrogens with one attached hydrogen (secondary N) is 1. The van der Waals surface area contributed by atoms with Crippen molar-refractivity contribution in [3.63, 3.8) is 0 Å². The molecule has 0 aliphatic rings. The minimum absolute atomic E-state index is 0.0660. The number of aromatic nitrogens is 1. The fourth-order valence-corrected chi connectivity index (χ4v) is 2.06. The molecule has 0 spiro atoms. The van der Waals surface area contributed by atoms with E-state index in [1.54, 1.807) is 30.3 Å². The number of Topliss-reactive ketones (excluding diaryl/α,β-unsaturated/α-hetero) is 1. The van der Waals surface area contributed by atoms with Crippen LogP contribution in [0.3, 0.4) is 0 Å². The monoisotopic (exact) mass is 318 g/mol. The molecule has 0 saturated carbocycles. The number of carbonyl (C=O) groups is 2. The van der Waals surface area contributed by atoms with Gasteiger partial charge in [0.2, 0.25) is 5.91 Å². The van der Waals surface area contributed by atoms with E-state index in [1.165, 1.54) is 20.2 Å². The largest absolute Gasteiger partial charge is 0.496 e. The Hall–Kier alpha value is -2.40. The number of nitrogens with zero attached hydrogens (tertiary/aromatic N) is 1.